The Hall–Kier alpha value is -0.830. The molecule has 0 bridgehead atoms. The van der Waals surface area contributed by atoms with Gasteiger partial charge in [-0.05, 0) is 12.8 Å². The summed E-state index contributed by atoms with van der Waals surface area (Å²) in [7, 11) is 0. The number of imidazole rings is 1. The minimum absolute atomic E-state index is 0.189. The summed E-state index contributed by atoms with van der Waals surface area (Å²) in [6, 6.07) is 0.249. The van der Waals surface area contributed by atoms with Crippen molar-refractivity contribution < 1.29 is 5.11 Å². The second-order valence-corrected chi connectivity index (χ2v) is 4.77. The number of aliphatic hydroxyl groups excluding tert-OH is 1. The van der Waals surface area contributed by atoms with Gasteiger partial charge in [0.25, 0.3) is 0 Å². The summed E-state index contributed by atoms with van der Waals surface area (Å²) in [4.78, 5) is 4.38. The second kappa shape index (κ2) is 4.35. The van der Waals surface area contributed by atoms with Crippen molar-refractivity contribution in [3.8, 4) is 0 Å². The lowest BCUT2D eigenvalue weighted by Crippen LogP contribution is -2.28. The molecule has 1 aromatic heterocycles. The fraction of sp³-hybridized carbons (Fsp3) is 0.750. The van der Waals surface area contributed by atoms with Crippen LogP contribution >= 0.6 is 0 Å². The zero-order valence-electron chi connectivity index (χ0n) is 9.56. The van der Waals surface area contributed by atoms with Gasteiger partial charge in [0, 0.05) is 18.3 Å². The van der Waals surface area contributed by atoms with Crippen LogP contribution in [0.2, 0.25) is 0 Å². The van der Waals surface area contributed by atoms with Crippen LogP contribution in [0.5, 0.6) is 0 Å². The molecule has 0 aliphatic heterocycles. The Morgan fingerprint density at radius 2 is 2.13 bits per heavy atom. The molecule has 0 saturated heterocycles. The lowest BCUT2D eigenvalue weighted by Gasteiger charge is -2.30. The predicted molar refractivity (Wildman–Crippen MR) is 59.8 cm³/mol. The van der Waals surface area contributed by atoms with E-state index in [0.29, 0.717) is 5.92 Å². The number of hydrogen-bond donors (Lipinski definition) is 1. The molecular formula is C12H20N2O. The maximum absolute atomic E-state index is 10.00. The van der Waals surface area contributed by atoms with Crippen LogP contribution in [0.1, 0.15) is 57.3 Å². The summed E-state index contributed by atoms with van der Waals surface area (Å²) in [5.74, 6) is 1.52. The molecule has 1 heterocycles. The molecule has 0 aromatic carbocycles. The highest BCUT2D eigenvalue weighted by Gasteiger charge is 2.26. The first-order valence-electron chi connectivity index (χ1n) is 5.91. The van der Waals surface area contributed by atoms with Crippen molar-refractivity contribution in [3.05, 3.63) is 18.2 Å². The summed E-state index contributed by atoms with van der Waals surface area (Å²) in [5, 5.41) is 10.00. The third kappa shape index (κ3) is 2.07. The molecule has 0 radical (unpaired) electrons. The zero-order chi connectivity index (χ0) is 10.8. The summed E-state index contributed by atoms with van der Waals surface area (Å²) in [6.45, 7) is 4.29. The Labute approximate surface area is 91.1 Å². The van der Waals surface area contributed by atoms with Crippen molar-refractivity contribution in [1.82, 2.24) is 9.55 Å². The van der Waals surface area contributed by atoms with Crippen molar-refractivity contribution >= 4 is 0 Å². The van der Waals surface area contributed by atoms with E-state index in [-0.39, 0.29) is 12.1 Å². The Kier molecular flexibility index (Phi) is 3.10. The first-order valence-corrected chi connectivity index (χ1v) is 5.91. The molecular weight excluding hydrogens is 188 g/mol. The molecule has 2 atom stereocenters. The van der Waals surface area contributed by atoms with Crippen LogP contribution in [0.25, 0.3) is 0 Å². The van der Waals surface area contributed by atoms with Crippen LogP contribution in [0.15, 0.2) is 12.4 Å². The molecule has 3 heteroatoms. The summed E-state index contributed by atoms with van der Waals surface area (Å²) in [6.07, 6.45) is 8.05. The zero-order valence-corrected chi connectivity index (χ0v) is 9.56. The van der Waals surface area contributed by atoms with E-state index < -0.39 is 0 Å². The number of aliphatic hydroxyl groups is 1. The Balaban J connectivity index is 2.23. The first-order chi connectivity index (χ1) is 7.20. The van der Waals surface area contributed by atoms with Crippen LogP contribution < -0.4 is 0 Å². The Morgan fingerprint density at radius 1 is 1.40 bits per heavy atom. The van der Waals surface area contributed by atoms with Crippen LogP contribution in [0.4, 0.5) is 0 Å². The second-order valence-electron chi connectivity index (χ2n) is 4.77. The largest absolute Gasteiger partial charge is 0.391 e. The molecule has 1 aliphatic carbocycles. The minimum atomic E-state index is -0.189. The van der Waals surface area contributed by atoms with Gasteiger partial charge in [-0.15, -0.1) is 0 Å². The van der Waals surface area contributed by atoms with E-state index in [1.165, 1.54) is 6.42 Å². The van der Waals surface area contributed by atoms with Crippen molar-refractivity contribution in [3.63, 3.8) is 0 Å². The maximum atomic E-state index is 10.00. The van der Waals surface area contributed by atoms with Crippen molar-refractivity contribution in [2.75, 3.05) is 0 Å². The van der Waals surface area contributed by atoms with Gasteiger partial charge in [-0.1, -0.05) is 26.7 Å². The van der Waals surface area contributed by atoms with E-state index in [0.717, 1.165) is 25.1 Å². The lowest BCUT2D eigenvalue weighted by atomic mass is 9.92. The Morgan fingerprint density at radius 3 is 2.80 bits per heavy atom. The van der Waals surface area contributed by atoms with Crippen molar-refractivity contribution in [1.29, 1.82) is 0 Å². The van der Waals surface area contributed by atoms with Crippen LogP contribution in [0, 0.1) is 0 Å². The van der Waals surface area contributed by atoms with Crippen molar-refractivity contribution in [2.45, 2.75) is 57.6 Å². The van der Waals surface area contributed by atoms with Gasteiger partial charge < -0.3 is 9.67 Å². The van der Waals surface area contributed by atoms with E-state index in [2.05, 4.69) is 23.4 Å². The minimum Gasteiger partial charge on any atom is -0.391 e. The van der Waals surface area contributed by atoms with E-state index in [1.54, 1.807) is 0 Å². The average molecular weight is 208 g/mol. The highest BCUT2D eigenvalue weighted by Crippen LogP contribution is 2.30. The van der Waals surface area contributed by atoms with Gasteiger partial charge >= 0.3 is 0 Å². The molecule has 1 fully saturated rings. The van der Waals surface area contributed by atoms with E-state index in [1.807, 2.05) is 12.4 Å². The van der Waals surface area contributed by atoms with Gasteiger partial charge in [-0.25, -0.2) is 4.98 Å². The highest BCUT2D eigenvalue weighted by molar-refractivity contribution is 5.01. The molecule has 3 nitrogen and oxygen atoms in total. The average Bonchev–Trinajstić information content (AvgIpc) is 2.67. The smallest absolute Gasteiger partial charge is 0.111 e. The standard InChI is InChI=1S/C12H20N2O/c1-9(2)12-13-7-8-14(12)10-5-3-4-6-11(10)15/h7-11,15H,3-6H2,1-2H3/t10-,11-/m0/s1. The molecule has 0 amide bonds. The topological polar surface area (TPSA) is 38.0 Å². The Bertz CT molecular complexity index is 319. The summed E-state index contributed by atoms with van der Waals surface area (Å²) >= 11 is 0. The molecule has 84 valence electrons. The normalized spacial score (nSPS) is 27.2. The number of hydrogen-bond acceptors (Lipinski definition) is 2. The summed E-state index contributed by atoms with van der Waals surface area (Å²) < 4.78 is 2.18. The molecule has 1 N–H and O–H groups in total. The molecule has 1 saturated carbocycles. The first kappa shape index (κ1) is 10.7. The maximum Gasteiger partial charge on any atom is 0.111 e. The molecule has 2 rings (SSSR count). The predicted octanol–water partition coefficient (Wildman–Crippen LogP) is 2.48. The third-order valence-corrected chi connectivity index (χ3v) is 3.27. The summed E-state index contributed by atoms with van der Waals surface area (Å²) in [5.41, 5.74) is 0. The monoisotopic (exact) mass is 208 g/mol. The van der Waals surface area contributed by atoms with Gasteiger partial charge in [0.05, 0.1) is 12.1 Å². The molecule has 0 spiro atoms. The quantitative estimate of drug-likeness (QED) is 0.810. The van der Waals surface area contributed by atoms with Gasteiger partial charge in [0.15, 0.2) is 0 Å². The molecule has 1 aromatic rings. The van der Waals surface area contributed by atoms with E-state index in [4.69, 9.17) is 0 Å². The fourth-order valence-corrected chi connectivity index (χ4v) is 2.47. The number of rotatable bonds is 2. The molecule has 1 aliphatic rings. The number of aromatic nitrogens is 2. The molecule has 0 unspecified atom stereocenters. The van der Waals surface area contributed by atoms with Crippen LogP contribution in [-0.4, -0.2) is 20.8 Å². The van der Waals surface area contributed by atoms with Gasteiger partial charge in [-0.2, -0.15) is 0 Å². The van der Waals surface area contributed by atoms with E-state index >= 15 is 0 Å². The van der Waals surface area contributed by atoms with Gasteiger partial charge in [-0.3, -0.25) is 0 Å². The van der Waals surface area contributed by atoms with E-state index in [9.17, 15) is 5.11 Å². The van der Waals surface area contributed by atoms with Gasteiger partial charge in [0.2, 0.25) is 0 Å². The third-order valence-electron chi connectivity index (χ3n) is 3.27. The van der Waals surface area contributed by atoms with Crippen molar-refractivity contribution in [2.24, 2.45) is 0 Å². The SMILES string of the molecule is CC(C)c1nccn1[C@H]1CCCC[C@@H]1O. The van der Waals surface area contributed by atoms with Crippen LogP contribution in [0.3, 0.4) is 0 Å². The van der Waals surface area contributed by atoms with Gasteiger partial charge in [0.1, 0.15) is 5.82 Å². The highest BCUT2D eigenvalue weighted by atomic mass is 16.3. The lowest BCUT2D eigenvalue weighted by molar-refractivity contribution is 0.0737. The van der Waals surface area contributed by atoms with Crippen LogP contribution in [-0.2, 0) is 0 Å². The number of nitrogens with zero attached hydrogens (tertiary/aromatic N) is 2. The fourth-order valence-electron chi connectivity index (χ4n) is 2.47. The molecule has 15 heavy (non-hydrogen) atoms.